The molecule has 0 aromatic rings. The Labute approximate surface area is 125 Å². The third kappa shape index (κ3) is 11.6. The molecule has 0 radical (unpaired) electrons. The summed E-state index contributed by atoms with van der Waals surface area (Å²) in [7, 11) is 0. The maximum absolute atomic E-state index is 9.45. The molecule has 4 heteroatoms. The van der Waals surface area contributed by atoms with Gasteiger partial charge < -0.3 is 19.9 Å². The van der Waals surface area contributed by atoms with Crippen molar-refractivity contribution in [3.05, 3.63) is 0 Å². The average Bonchev–Trinajstić information content (AvgIpc) is 2.47. The molecule has 122 valence electrons. The van der Waals surface area contributed by atoms with Gasteiger partial charge in [0.25, 0.3) is 0 Å². The molecule has 0 bridgehead atoms. The summed E-state index contributed by atoms with van der Waals surface area (Å²) >= 11 is 0. The van der Waals surface area contributed by atoms with Gasteiger partial charge in [-0.1, -0.05) is 20.3 Å². The lowest BCUT2D eigenvalue weighted by atomic mass is 9.95. The van der Waals surface area contributed by atoms with Crippen molar-refractivity contribution in [2.75, 3.05) is 39.6 Å². The fourth-order valence-electron chi connectivity index (χ4n) is 1.94. The first kappa shape index (κ1) is 19.8. The first-order valence-corrected chi connectivity index (χ1v) is 8.20. The van der Waals surface area contributed by atoms with E-state index in [1.54, 1.807) is 0 Å². The van der Waals surface area contributed by atoms with Gasteiger partial charge in [0, 0.05) is 18.8 Å². The maximum atomic E-state index is 9.45. The predicted molar refractivity (Wildman–Crippen MR) is 84.2 cm³/mol. The second-order valence-electron chi connectivity index (χ2n) is 5.68. The molecule has 0 saturated heterocycles. The zero-order chi connectivity index (χ0) is 15.1. The highest BCUT2D eigenvalue weighted by Crippen LogP contribution is 2.13. The van der Waals surface area contributed by atoms with E-state index in [-0.39, 0.29) is 12.1 Å². The van der Waals surface area contributed by atoms with Crippen LogP contribution in [0.2, 0.25) is 0 Å². The van der Waals surface area contributed by atoms with E-state index >= 15 is 0 Å². The first-order chi connectivity index (χ1) is 9.68. The molecule has 0 aliphatic heterocycles. The Kier molecular flexibility index (Phi) is 13.7. The molecular formula is C16H35NO3. The number of unbranched alkanes of at least 4 members (excludes halogenated alkanes) is 2. The molecule has 0 aromatic heterocycles. The Morgan fingerprint density at radius 2 is 1.55 bits per heavy atom. The molecule has 0 heterocycles. The molecule has 0 aromatic carbocycles. The van der Waals surface area contributed by atoms with Gasteiger partial charge in [-0.2, -0.15) is 0 Å². The van der Waals surface area contributed by atoms with E-state index in [4.69, 9.17) is 9.47 Å². The molecule has 0 amide bonds. The van der Waals surface area contributed by atoms with E-state index < -0.39 is 0 Å². The molecule has 2 N–H and O–H groups in total. The highest BCUT2D eigenvalue weighted by Gasteiger charge is 2.21. The summed E-state index contributed by atoms with van der Waals surface area (Å²) in [5, 5.41) is 12.9. The number of rotatable bonds is 15. The Bertz CT molecular complexity index is 202. The fraction of sp³-hybridized carbons (Fsp3) is 1.00. The first-order valence-electron chi connectivity index (χ1n) is 8.20. The molecular weight excluding hydrogens is 254 g/mol. The lowest BCUT2D eigenvalue weighted by Crippen LogP contribution is -2.46. The van der Waals surface area contributed by atoms with Crippen molar-refractivity contribution < 1.29 is 14.6 Å². The van der Waals surface area contributed by atoms with Gasteiger partial charge >= 0.3 is 0 Å². The van der Waals surface area contributed by atoms with Crippen LogP contribution in [0.1, 0.15) is 59.3 Å². The van der Waals surface area contributed by atoms with Crippen LogP contribution >= 0.6 is 0 Å². The number of nitrogens with one attached hydrogen (secondary N) is 1. The predicted octanol–water partition coefficient (Wildman–Crippen LogP) is 2.74. The number of hydrogen-bond donors (Lipinski definition) is 2. The second kappa shape index (κ2) is 13.8. The van der Waals surface area contributed by atoms with E-state index in [1.165, 1.54) is 6.42 Å². The summed E-state index contributed by atoms with van der Waals surface area (Å²) in [5.41, 5.74) is -0.140. The number of aliphatic hydroxyl groups excluding tert-OH is 1. The van der Waals surface area contributed by atoms with Crippen LogP contribution in [-0.2, 0) is 9.47 Å². The monoisotopic (exact) mass is 289 g/mol. The zero-order valence-electron chi connectivity index (χ0n) is 13.7. The number of ether oxygens (including phenoxy) is 2. The smallest absolute Gasteiger partial charge is 0.0700 e. The Morgan fingerprint density at radius 1 is 0.900 bits per heavy atom. The summed E-state index contributed by atoms with van der Waals surface area (Å²) in [4.78, 5) is 0. The van der Waals surface area contributed by atoms with Gasteiger partial charge in [0.2, 0.25) is 0 Å². The molecule has 0 aliphatic carbocycles. The van der Waals surface area contributed by atoms with Crippen LogP contribution in [0.4, 0.5) is 0 Å². The van der Waals surface area contributed by atoms with Gasteiger partial charge in [0.15, 0.2) is 0 Å². The summed E-state index contributed by atoms with van der Waals surface area (Å²) in [6.07, 6.45) is 6.50. The molecule has 0 fully saturated rings. The van der Waals surface area contributed by atoms with Crippen LogP contribution in [0.25, 0.3) is 0 Å². The molecule has 0 rings (SSSR count). The van der Waals surface area contributed by atoms with Crippen molar-refractivity contribution in [1.29, 1.82) is 0 Å². The quantitative estimate of drug-likeness (QED) is 0.455. The van der Waals surface area contributed by atoms with Crippen molar-refractivity contribution in [1.82, 2.24) is 5.32 Å². The summed E-state index contributed by atoms with van der Waals surface area (Å²) in [5.74, 6) is 0. The van der Waals surface area contributed by atoms with Crippen LogP contribution in [-0.4, -0.2) is 50.2 Å². The van der Waals surface area contributed by atoms with Crippen molar-refractivity contribution in [2.45, 2.75) is 64.8 Å². The van der Waals surface area contributed by atoms with Crippen LogP contribution in [0.3, 0.4) is 0 Å². The fourth-order valence-corrected chi connectivity index (χ4v) is 1.94. The zero-order valence-corrected chi connectivity index (χ0v) is 13.7. The van der Waals surface area contributed by atoms with Gasteiger partial charge in [-0.25, -0.2) is 0 Å². The molecule has 0 spiro atoms. The maximum Gasteiger partial charge on any atom is 0.0700 e. The minimum absolute atomic E-state index is 0.140. The van der Waals surface area contributed by atoms with Crippen molar-refractivity contribution in [2.24, 2.45) is 0 Å². The van der Waals surface area contributed by atoms with E-state index in [0.717, 1.165) is 51.9 Å². The van der Waals surface area contributed by atoms with Gasteiger partial charge in [-0.05, 0) is 45.6 Å². The normalized spacial score (nSPS) is 14.4. The second-order valence-corrected chi connectivity index (χ2v) is 5.68. The lowest BCUT2D eigenvalue weighted by molar-refractivity contribution is 0.0444. The minimum atomic E-state index is -0.140. The summed E-state index contributed by atoms with van der Waals surface area (Å²) < 4.78 is 11.0. The Morgan fingerprint density at radius 3 is 2.10 bits per heavy atom. The third-order valence-corrected chi connectivity index (χ3v) is 3.43. The summed E-state index contributed by atoms with van der Waals surface area (Å²) in [6, 6.07) is 0. The van der Waals surface area contributed by atoms with Gasteiger partial charge in [-0.15, -0.1) is 0 Å². The van der Waals surface area contributed by atoms with E-state index in [1.807, 2.05) is 0 Å². The van der Waals surface area contributed by atoms with E-state index in [2.05, 4.69) is 26.1 Å². The molecule has 0 aliphatic rings. The van der Waals surface area contributed by atoms with Crippen LogP contribution in [0.15, 0.2) is 0 Å². The van der Waals surface area contributed by atoms with E-state index in [9.17, 15) is 5.11 Å². The van der Waals surface area contributed by atoms with Crippen LogP contribution in [0.5, 0.6) is 0 Å². The molecule has 1 unspecified atom stereocenters. The standard InChI is InChI=1S/C16H35NO3/c1-4-6-11-19-13-14-20-12-8-7-9-16(3,15-18)17-10-5-2/h17-18H,4-15H2,1-3H3. The number of hydrogen-bond acceptors (Lipinski definition) is 4. The topological polar surface area (TPSA) is 50.7 Å². The van der Waals surface area contributed by atoms with Gasteiger partial charge in [-0.3, -0.25) is 0 Å². The van der Waals surface area contributed by atoms with Crippen LogP contribution < -0.4 is 5.32 Å². The molecule has 4 nitrogen and oxygen atoms in total. The highest BCUT2D eigenvalue weighted by atomic mass is 16.5. The molecule has 1 atom stereocenters. The molecule has 20 heavy (non-hydrogen) atoms. The molecule has 0 saturated carbocycles. The van der Waals surface area contributed by atoms with Crippen LogP contribution in [0, 0.1) is 0 Å². The number of aliphatic hydroxyl groups is 1. The highest BCUT2D eigenvalue weighted by molar-refractivity contribution is 4.81. The van der Waals surface area contributed by atoms with Crippen molar-refractivity contribution in [3.63, 3.8) is 0 Å². The average molecular weight is 289 g/mol. The van der Waals surface area contributed by atoms with Crippen molar-refractivity contribution in [3.8, 4) is 0 Å². The van der Waals surface area contributed by atoms with Gasteiger partial charge in [0.05, 0.1) is 19.8 Å². The Balaban J connectivity index is 3.37. The third-order valence-electron chi connectivity index (χ3n) is 3.43. The van der Waals surface area contributed by atoms with Gasteiger partial charge in [0.1, 0.15) is 0 Å². The SMILES string of the molecule is CCCCOCCOCCCCC(C)(CO)NCCC. The lowest BCUT2D eigenvalue weighted by Gasteiger charge is -2.28. The minimum Gasteiger partial charge on any atom is -0.394 e. The van der Waals surface area contributed by atoms with Crippen molar-refractivity contribution >= 4 is 0 Å². The van der Waals surface area contributed by atoms with E-state index in [0.29, 0.717) is 13.2 Å². The summed E-state index contributed by atoms with van der Waals surface area (Å²) in [6.45, 7) is 10.6. The largest absolute Gasteiger partial charge is 0.394 e. The Hall–Kier alpha value is -0.160.